The smallest absolute Gasteiger partial charge is 0.213 e. The van der Waals surface area contributed by atoms with Gasteiger partial charge in [0.25, 0.3) is 0 Å². The van der Waals surface area contributed by atoms with Gasteiger partial charge in [-0.2, -0.15) is 4.57 Å². The minimum atomic E-state index is 0.829. The van der Waals surface area contributed by atoms with Gasteiger partial charge >= 0.3 is 0 Å². The van der Waals surface area contributed by atoms with E-state index in [1.54, 1.807) is 0 Å². The molecule has 0 saturated heterocycles. The van der Waals surface area contributed by atoms with Crippen LogP contribution in [0.3, 0.4) is 0 Å². The quantitative estimate of drug-likeness (QED) is 0.634. The van der Waals surface area contributed by atoms with E-state index in [-0.39, 0.29) is 0 Å². The second kappa shape index (κ2) is 5.59. The summed E-state index contributed by atoms with van der Waals surface area (Å²) in [5.41, 5.74) is 8.55. The molecule has 2 aromatic carbocycles. The third kappa shape index (κ3) is 2.20. The lowest BCUT2D eigenvalue weighted by Crippen LogP contribution is -2.40. The Kier molecular flexibility index (Phi) is 3.34. The van der Waals surface area contributed by atoms with Gasteiger partial charge in [-0.15, -0.1) is 0 Å². The van der Waals surface area contributed by atoms with Crippen molar-refractivity contribution in [1.82, 2.24) is 0 Å². The predicted octanol–water partition coefficient (Wildman–Crippen LogP) is 4.41. The van der Waals surface area contributed by atoms with Crippen LogP contribution in [0, 0.1) is 0 Å². The lowest BCUT2D eigenvalue weighted by Gasteiger charge is -2.18. The van der Waals surface area contributed by atoms with Gasteiger partial charge in [-0.1, -0.05) is 26.0 Å². The van der Waals surface area contributed by atoms with Crippen LogP contribution >= 0.6 is 0 Å². The number of benzene rings is 2. The molecule has 0 bridgehead atoms. The maximum atomic E-state index is 5.77. The van der Waals surface area contributed by atoms with Crippen LogP contribution in [0.15, 0.2) is 36.5 Å². The molecule has 2 aliphatic heterocycles. The fraction of sp³-hybridized carbons (Fsp3) is 0.348. The van der Waals surface area contributed by atoms with Gasteiger partial charge in [0, 0.05) is 24.3 Å². The minimum absolute atomic E-state index is 0.829. The van der Waals surface area contributed by atoms with E-state index in [1.165, 1.54) is 44.3 Å². The SMILES string of the molecule is CCc1ccc2cc3[n+](cc2c1CC)CCc1cc2c(cc1-3)CCO2. The first-order valence-electron chi connectivity index (χ1n) is 9.55. The predicted molar refractivity (Wildman–Crippen MR) is 101 cm³/mol. The van der Waals surface area contributed by atoms with E-state index in [4.69, 9.17) is 4.74 Å². The van der Waals surface area contributed by atoms with Crippen LogP contribution in [0.1, 0.15) is 36.1 Å². The highest BCUT2D eigenvalue weighted by Gasteiger charge is 2.27. The number of aryl methyl sites for hydroxylation is 4. The third-order valence-corrected chi connectivity index (χ3v) is 5.92. The Morgan fingerprint density at radius 2 is 1.92 bits per heavy atom. The zero-order valence-electron chi connectivity index (χ0n) is 15.1. The topological polar surface area (TPSA) is 13.1 Å². The van der Waals surface area contributed by atoms with Crippen LogP contribution in [-0.2, 0) is 32.2 Å². The molecule has 1 aromatic heterocycles. The molecule has 0 saturated carbocycles. The first-order chi connectivity index (χ1) is 12.3. The molecule has 0 unspecified atom stereocenters. The van der Waals surface area contributed by atoms with Gasteiger partial charge in [0.05, 0.1) is 12.2 Å². The number of nitrogens with zero attached hydrogens (tertiary/aromatic N) is 1. The van der Waals surface area contributed by atoms with E-state index < -0.39 is 0 Å². The molecule has 3 aromatic rings. The molecule has 2 heteroatoms. The molecular formula is C23H24NO+. The Morgan fingerprint density at radius 3 is 2.76 bits per heavy atom. The highest BCUT2D eigenvalue weighted by Crippen LogP contribution is 2.36. The van der Waals surface area contributed by atoms with Gasteiger partial charge < -0.3 is 4.74 Å². The zero-order chi connectivity index (χ0) is 17.0. The van der Waals surface area contributed by atoms with Crippen LogP contribution in [-0.4, -0.2) is 6.61 Å². The van der Waals surface area contributed by atoms with Crippen molar-refractivity contribution in [2.24, 2.45) is 0 Å². The lowest BCUT2D eigenvalue weighted by molar-refractivity contribution is -0.686. The van der Waals surface area contributed by atoms with Gasteiger partial charge in [0.15, 0.2) is 12.7 Å². The molecule has 0 fully saturated rings. The largest absolute Gasteiger partial charge is 0.493 e. The van der Waals surface area contributed by atoms with Gasteiger partial charge in [-0.25, -0.2) is 0 Å². The van der Waals surface area contributed by atoms with Crippen molar-refractivity contribution >= 4 is 10.8 Å². The fourth-order valence-electron chi connectivity index (χ4n) is 4.58. The molecule has 25 heavy (non-hydrogen) atoms. The Balaban J connectivity index is 1.75. The van der Waals surface area contributed by atoms with E-state index in [2.05, 4.69) is 54.9 Å². The van der Waals surface area contributed by atoms with Gasteiger partial charge in [0.1, 0.15) is 5.75 Å². The van der Waals surface area contributed by atoms with Crippen molar-refractivity contribution in [3.63, 3.8) is 0 Å². The van der Waals surface area contributed by atoms with Crippen molar-refractivity contribution in [3.8, 4) is 17.0 Å². The second-order valence-corrected chi connectivity index (χ2v) is 7.23. The Morgan fingerprint density at radius 1 is 1.00 bits per heavy atom. The standard InChI is InChI=1S/C23H24NO/c1-3-15-5-6-16-12-22-20-11-18-8-10-25-23(18)13-17(20)7-9-24(22)14-21(16)19(15)4-2/h5-6,11-14H,3-4,7-10H2,1-2H3/q+1. The highest BCUT2D eigenvalue weighted by atomic mass is 16.5. The number of hydrogen-bond donors (Lipinski definition) is 0. The Bertz CT molecular complexity index is 1000. The Hall–Kier alpha value is -2.35. The van der Waals surface area contributed by atoms with E-state index in [1.807, 2.05) is 0 Å². The van der Waals surface area contributed by atoms with E-state index in [9.17, 15) is 0 Å². The summed E-state index contributed by atoms with van der Waals surface area (Å²) in [6.07, 6.45) is 6.73. The normalized spacial score (nSPS) is 14.8. The number of aromatic nitrogens is 1. The molecule has 0 radical (unpaired) electrons. The minimum Gasteiger partial charge on any atom is -0.493 e. The van der Waals surface area contributed by atoms with Crippen LogP contribution in [0.25, 0.3) is 22.0 Å². The summed E-state index contributed by atoms with van der Waals surface area (Å²) in [7, 11) is 0. The molecular weight excluding hydrogens is 306 g/mol. The average molecular weight is 330 g/mol. The van der Waals surface area contributed by atoms with Crippen LogP contribution in [0.5, 0.6) is 5.75 Å². The summed E-state index contributed by atoms with van der Waals surface area (Å²) in [6.45, 7) is 6.41. The van der Waals surface area contributed by atoms with Crippen molar-refractivity contribution in [1.29, 1.82) is 0 Å². The molecule has 2 nitrogen and oxygen atoms in total. The summed E-state index contributed by atoms with van der Waals surface area (Å²) in [5.74, 6) is 1.11. The molecule has 0 N–H and O–H groups in total. The number of hydrogen-bond acceptors (Lipinski definition) is 1. The molecule has 2 aliphatic rings. The molecule has 3 heterocycles. The van der Waals surface area contributed by atoms with Crippen LogP contribution in [0.4, 0.5) is 0 Å². The first kappa shape index (κ1) is 14.9. The third-order valence-electron chi connectivity index (χ3n) is 5.92. The van der Waals surface area contributed by atoms with Gasteiger partial charge in [0.2, 0.25) is 5.69 Å². The van der Waals surface area contributed by atoms with Crippen molar-refractivity contribution < 1.29 is 9.30 Å². The van der Waals surface area contributed by atoms with E-state index in [0.29, 0.717) is 0 Å². The van der Waals surface area contributed by atoms with Gasteiger partial charge in [-0.05, 0) is 52.6 Å². The first-order valence-corrected chi connectivity index (χ1v) is 9.55. The van der Waals surface area contributed by atoms with Crippen molar-refractivity contribution in [2.45, 2.75) is 46.1 Å². The lowest BCUT2D eigenvalue weighted by atomic mass is 9.91. The highest BCUT2D eigenvalue weighted by molar-refractivity contribution is 5.88. The molecule has 0 spiro atoms. The summed E-state index contributed by atoms with van der Waals surface area (Å²) in [6, 6.07) is 11.7. The van der Waals surface area contributed by atoms with Gasteiger partial charge in [-0.3, -0.25) is 0 Å². The summed E-state index contributed by atoms with van der Waals surface area (Å²) in [5, 5.41) is 2.79. The number of fused-ring (bicyclic) bond motifs is 5. The van der Waals surface area contributed by atoms with Crippen LogP contribution in [0.2, 0.25) is 0 Å². The monoisotopic (exact) mass is 330 g/mol. The summed E-state index contributed by atoms with van der Waals surface area (Å²) >= 11 is 0. The molecule has 0 aliphatic carbocycles. The molecule has 0 amide bonds. The van der Waals surface area contributed by atoms with Crippen molar-refractivity contribution in [2.75, 3.05) is 6.61 Å². The summed E-state index contributed by atoms with van der Waals surface area (Å²) < 4.78 is 8.24. The molecule has 126 valence electrons. The zero-order valence-corrected chi connectivity index (χ0v) is 15.1. The maximum absolute atomic E-state index is 5.77. The number of pyridine rings is 1. The van der Waals surface area contributed by atoms with Crippen LogP contribution < -0.4 is 9.30 Å². The number of rotatable bonds is 2. The maximum Gasteiger partial charge on any atom is 0.213 e. The van der Waals surface area contributed by atoms with E-state index in [0.717, 1.165) is 44.6 Å². The Labute approximate surface area is 149 Å². The number of ether oxygens (including phenoxy) is 1. The summed E-state index contributed by atoms with van der Waals surface area (Å²) in [4.78, 5) is 0. The fourth-order valence-corrected chi connectivity index (χ4v) is 4.58. The molecule has 5 rings (SSSR count). The van der Waals surface area contributed by atoms with E-state index >= 15 is 0 Å². The second-order valence-electron chi connectivity index (χ2n) is 7.23. The average Bonchev–Trinajstić information content (AvgIpc) is 3.11. The van der Waals surface area contributed by atoms with Crippen molar-refractivity contribution in [3.05, 3.63) is 58.8 Å². The molecule has 0 atom stereocenters.